The number of nitrogens with zero attached hydrogens (tertiary/aromatic N) is 1. The van der Waals surface area contributed by atoms with E-state index in [0.29, 0.717) is 6.04 Å². The molecule has 0 rings (SSSR count). The number of likely N-dealkylation sites (N-methyl/N-ethyl adjacent to an activating group) is 1. The van der Waals surface area contributed by atoms with Crippen molar-refractivity contribution in [2.75, 3.05) is 20.1 Å². The second kappa shape index (κ2) is 5.61. The van der Waals surface area contributed by atoms with Gasteiger partial charge in [0.15, 0.2) is 0 Å². The smallest absolute Gasteiger partial charge is 0.0123 e. The molecule has 0 unspecified atom stereocenters. The van der Waals surface area contributed by atoms with Crippen molar-refractivity contribution in [2.24, 2.45) is 0 Å². The van der Waals surface area contributed by atoms with Crippen molar-refractivity contribution in [1.29, 1.82) is 0 Å². The van der Waals surface area contributed by atoms with Crippen LogP contribution in [-0.2, 0) is 0 Å². The molecule has 2 nitrogen and oxygen atoms in total. The van der Waals surface area contributed by atoms with Crippen LogP contribution in [0.2, 0.25) is 0 Å². The molecule has 0 atom stereocenters. The van der Waals surface area contributed by atoms with Gasteiger partial charge in [0, 0.05) is 24.7 Å². The zero-order chi connectivity index (χ0) is 10.5. The van der Waals surface area contributed by atoms with Crippen LogP contribution in [0.4, 0.5) is 0 Å². The molecular weight excluding hydrogens is 160 g/mol. The molecule has 0 aromatic carbocycles. The maximum absolute atomic E-state index is 3.55. The van der Waals surface area contributed by atoms with E-state index < -0.39 is 0 Å². The Labute approximate surface area is 83.7 Å². The Morgan fingerprint density at radius 3 is 2.23 bits per heavy atom. The molecule has 80 valence electrons. The lowest BCUT2D eigenvalue weighted by Gasteiger charge is -2.27. The van der Waals surface area contributed by atoms with Crippen LogP contribution in [0.5, 0.6) is 0 Å². The highest BCUT2D eigenvalue weighted by molar-refractivity contribution is 4.75. The normalized spacial score (nSPS) is 12.9. The van der Waals surface area contributed by atoms with Crippen LogP contribution in [0.3, 0.4) is 0 Å². The minimum absolute atomic E-state index is 0.290. The summed E-state index contributed by atoms with van der Waals surface area (Å²) in [7, 11) is 2.17. The Kier molecular flexibility index (Phi) is 5.57. The standard InChI is InChI=1S/C11H26N2/c1-7-11(4,5)12-8-9-13(6)10(2)3/h10,12H,7-9H2,1-6H3. The molecule has 0 spiro atoms. The van der Waals surface area contributed by atoms with Crippen molar-refractivity contribution in [3.8, 4) is 0 Å². The molecule has 1 N–H and O–H groups in total. The average Bonchev–Trinajstić information content (AvgIpc) is 2.04. The summed E-state index contributed by atoms with van der Waals surface area (Å²) in [6, 6.07) is 0.645. The van der Waals surface area contributed by atoms with E-state index in [1.54, 1.807) is 0 Å². The Hall–Kier alpha value is -0.0800. The van der Waals surface area contributed by atoms with Gasteiger partial charge in [0.25, 0.3) is 0 Å². The van der Waals surface area contributed by atoms with Crippen molar-refractivity contribution in [3.63, 3.8) is 0 Å². The fourth-order valence-corrected chi connectivity index (χ4v) is 0.954. The van der Waals surface area contributed by atoms with Gasteiger partial charge >= 0.3 is 0 Å². The van der Waals surface area contributed by atoms with Crippen LogP contribution in [0, 0.1) is 0 Å². The summed E-state index contributed by atoms with van der Waals surface area (Å²) in [5.74, 6) is 0. The van der Waals surface area contributed by atoms with E-state index in [4.69, 9.17) is 0 Å². The van der Waals surface area contributed by atoms with Crippen molar-refractivity contribution in [1.82, 2.24) is 10.2 Å². The summed E-state index contributed by atoms with van der Waals surface area (Å²) < 4.78 is 0. The van der Waals surface area contributed by atoms with Crippen molar-refractivity contribution in [3.05, 3.63) is 0 Å². The number of hydrogen-bond donors (Lipinski definition) is 1. The van der Waals surface area contributed by atoms with Gasteiger partial charge in [-0.25, -0.2) is 0 Å². The first-order valence-corrected chi connectivity index (χ1v) is 5.34. The van der Waals surface area contributed by atoms with Crippen LogP contribution in [0.25, 0.3) is 0 Å². The molecule has 0 aromatic rings. The molecule has 0 radical (unpaired) electrons. The molecule has 0 aliphatic heterocycles. The highest BCUT2D eigenvalue weighted by atomic mass is 15.1. The van der Waals surface area contributed by atoms with Gasteiger partial charge in [0.05, 0.1) is 0 Å². The quantitative estimate of drug-likeness (QED) is 0.683. The second-order valence-electron chi connectivity index (χ2n) is 4.74. The summed E-state index contributed by atoms with van der Waals surface area (Å²) in [5, 5.41) is 3.55. The molecule has 0 saturated heterocycles. The lowest BCUT2D eigenvalue weighted by Crippen LogP contribution is -2.43. The first kappa shape index (κ1) is 12.9. The van der Waals surface area contributed by atoms with Gasteiger partial charge in [-0.2, -0.15) is 0 Å². The summed E-state index contributed by atoms with van der Waals surface area (Å²) in [5.41, 5.74) is 0.290. The van der Waals surface area contributed by atoms with Crippen LogP contribution in [0.15, 0.2) is 0 Å². The summed E-state index contributed by atoms with van der Waals surface area (Å²) in [4.78, 5) is 2.36. The van der Waals surface area contributed by atoms with Crippen LogP contribution in [-0.4, -0.2) is 36.6 Å². The first-order valence-electron chi connectivity index (χ1n) is 5.34. The Morgan fingerprint density at radius 2 is 1.85 bits per heavy atom. The zero-order valence-corrected chi connectivity index (χ0v) is 10.1. The molecule has 0 bridgehead atoms. The summed E-state index contributed by atoms with van der Waals surface area (Å²) >= 11 is 0. The van der Waals surface area contributed by atoms with E-state index in [1.807, 2.05) is 0 Å². The fraction of sp³-hybridized carbons (Fsp3) is 1.00. The van der Waals surface area contributed by atoms with Crippen LogP contribution < -0.4 is 5.32 Å². The average molecular weight is 186 g/mol. The molecule has 13 heavy (non-hydrogen) atoms. The Bertz CT molecular complexity index is 130. The maximum atomic E-state index is 3.55. The summed E-state index contributed by atoms with van der Waals surface area (Å²) in [6.45, 7) is 13.4. The number of rotatable bonds is 6. The Morgan fingerprint density at radius 1 is 1.31 bits per heavy atom. The molecule has 2 heteroatoms. The van der Waals surface area contributed by atoms with E-state index >= 15 is 0 Å². The van der Waals surface area contributed by atoms with Crippen molar-refractivity contribution < 1.29 is 0 Å². The van der Waals surface area contributed by atoms with Gasteiger partial charge in [-0.3, -0.25) is 0 Å². The molecule has 0 saturated carbocycles. The van der Waals surface area contributed by atoms with Gasteiger partial charge in [0.2, 0.25) is 0 Å². The summed E-state index contributed by atoms with van der Waals surface area (Å²) in [6.07, 6.45) is 1.18. The molecule has 0 heterocycles. The van der Waals surface area contributed by atoms with E-state index in [-0.39, 0.29) is 5.54 Å². The largest absolute Gasteiger partial charge is 0.311 e. The predicted molar refractivity (Wildman–Crippen MR) is 60.1 cm³/mol. The van der Waals surface area contributed by atoms with Crippen molar-refractivity contribution >= 4 is 0 Å². The third-order valence-electron chi connectivity index (χ3n) is 2.83. The third kappa shape index (κ3) is 6.05. The lowest BCUT2D eigenvalue weighted by molar-refractivity contribution is 0.256. The van der Waals surface area contributed by atoms with Gasteiger partial charge < -0.3 is 10.2 Å². The lowest BCUT2D eigenvalue weighted by atomic mass is 10.0. The monoisotopic (exact) mass is 186 g/mol. The van der Waals surface area contributed by atoms with Crippen LogP contribution in [0.1, 0.15) is 41.0 Å². The Balaban J connectivity index is 3.56. The number of nitrogens with one attached hydrogen (secondary N) is 1. The molecule has 0 fully saturated rings. The predicted octanol–water partition coefficient (Wildman–Crippen LogP) is 2.10. The SMILES string of the molecule is CCC(C)(C)NCCN(C)C(C)C. The van der Waals surface area contributed by atoms with Crippen LogP contribution >= 0.6 is 0 Å². The second-order valence-corrected chi connectivity index (χ2v) is 4.74. The topological polar surface area (TPSA) is 15.3 Å². The van der Waals surface area contributed by atoms with Gasteiger partial charge in [-0.05, 0) is 41.2 Å². The maximum Gasteiger partial charge on any atom is 0.0123 e. The van der Waals surface area contributed by atoms with Crippen molar-refractivity contribution in [2.45, 2.75) is 52.6 Å². The third-order valence-corrected chi connectivity index (χ3v) is 2.83. The number of hydrogen-bond acceptors (Lipinski definition) is 2. The first-order chi connectivity index (χ1) is 5.89. The fourth-order valence-electron chi connectivity index (χ4n) is 0.954. The van der Waals surface area contributed by atoms with Gasteiger partial charge in [0.1, 0.15) is 0 Å². The minimum Gasteiger partial charge on any atom is -0.311 e. The van der Waals surface area contributed by atoms with E-state index in [2.05, 4.69) is 51.9 Å². The van der Waals surface area contributed by atoms with E-state index in [9.17, 15) is 0 Å². The highest BCUT2D eigenvalue weighted by Gasteiger charge is 2.13. The van der Waals surface area contributed by atoms with Gasteiger partial charge in [-0.15, -0.1) is 0 Å². The van der Waals surface area contributed by atoms with E-state index in [1.165, 1.54) is 6.42 Å². The molecule has 0 aliphatic carbocycles. The van der Waals surface area contributed by atoms with E-state index in [0.717, 1.165) is 13.1 Å². The molecule has 0 aliphatic rings. The van der Waals surface area contributed by atoms with Gasteiger partial charge in [-0.1, -0.05) is 6.92 Å². The molecule has 0 amide bonds. The minimum atomic E-state index is 0.290. The molecular formula is C11H26N2. The molecule has 0 aromatic heterocycles. The highest BCUT2D eigenvalue weighted by Crippen LogP contribution is 2.05. The zero-order valence-electron chi connectivity index (χ0n) is 10.1.